The lowest BCUT2D eigenvalue weighted by molar-refractivity contribution is -0.0983. The first-order valence-electron chi connectivity index (χ1n) is 16.4. The van der Waals surface area contributed by atoms with Crippen molar-refractivity contribution in [3.8, 4) is 0 Å². The van der Waals surface area contributed by atoms with Gasteiger partial charge in [0.25, 0.3) is 0 Å². The zero-order valence-electron chi connectivity index (χ0n) is 29.3. The third-order valence-corrected chi connectivity index (χ3v) is 19.2. The van der Waals surface area contributed by atoms with Gasteiger partial charge in [0.15, 0.2) is 16.6 Å². The van der Waals surface area contributed by atoms with E-state index in [2.05, 4.69) is 141 Å². The zero-order valence-corrected chi connectivity index (χ0v) is 31.3. The van der Waals surface area contributed by atoms with E-state index in [0.717, 1.165) is 16.7 Å². The highest BCUT2D eigenvalue weighted by Gasteiger charge is 2.55. The SMILES string of the molecule is C[C@H](O)[C@H]1O[C@H](COC(c2ccccc2)(c2ccccc2)c2ccccc2)[C@@H](O[Si](C)(C)C(C)(C)C)[C@@H]1O[Si](C)(C)C(C)(C)C. The summed E-state index contributed by atoms with van der Waals surface area (Å²) < 4.78 is 28.4. The van der Waals surface area contributed by atoms with Crippen LogP contribution in [0.4, 0.5) is 0 Å². The molecule has 246 valence electrons. The van der Waals surface area contributed by atoms with E-state index in [1.54, 1.807) is 6.92 Å². The maximum absolute atomic E-state index is 11.1. The Morgan fingerprint density at radius 3 is 1.33 bits per heavy atom. The van der Waals surface area contributed by atoms with Crippen molar-refractivity contribution in [2.45, 2.75) is 121 Å². The molecular formula is C38H56O5Si2. The lowest BCUT2D eigenvalue weighted by Gasteiger charge is -2.44. The van der Waals surface area contributed by atoms with Crippen LogP contribution < -0.4 is 0 Å². The van der Waals surface area contributed by atoms with Gasteiger partial charge < -0.3 is 23.4 Å². The number of aliphatic hydroxyl groups is 1. The zero-order chi connectivity index (χ0) is 33.3. The van der Waals surface area contributed by atoms with E-state index in [9.17, 15) is 5.11 Å². The molecule has 0 saturated carbocycles. The van der Waals surface area contributed by atoms with Crippen LogP contribution in [0.2, 0.25) is 36.3 Å². The minimum Gasteiger partial charge on any atom is -0.408 e. The second kappa shape index (κ2) is 13.6. The molecule has 3 aromatic carbocycles. The van der Waals surface area contributed by atoms with E-state index < -0.39 is 52.8 Å². The Morgan fingerprint density at radius 2 is 1.00 bits per heavy atom. The van der Waals surface area contributed by atoms with Gasteiger partial charge in [-0.25, -0.2) is 0 Å². The van der Waals surface area contributed by atoms with Gasteiger partial charge in [0.1, 0.15) is 30.0 Å². The standard InChI is InChI=1S/C38H56O5Si2/c1-28(39)33-35(43-45(10,11)37(5,6)7)34(42-44(8,9)36(2,3)4)32(41-33)27-40-38(29-21-15-12-16-22-29,30-23-17-13-18-24-30)31-25-19-14-20-26-31/h12-26,28,32-35,39H,27H2,1-11H3/t28-,32+,33+,34+,35+/m0/s1. The Hall–Kier alpha value is -2.11. The van der Waals surface area contributed by atoms with Crippen molar-refractivity contribution in [3.63, 3.8) is 0 Å². The quantitative estimate of drug-likeness (QED) is 0.166. The molecule has 1 saturated heterocycles. The lowest BCUT2D eigenvalue weighted by atomic mass is 9.80. The Bertz CT molecular complexity index is 1250. The number of benzene rings is 3. The molecule has 4 rings (SSSR count). The summed E-state index contributed by atoms with van der Waals surface area (Å²) >= 11 is 0. The number of hydrogen-bond donors (Lipinski definition) is 1. The van der Waals surface area contributed by atoms with E-state index >= 15 is 0 Å². The molecule has 5 nitrogen and oxygen atoms in total. The Balaban J connectivity index is 1.83. The van der Waals surface area contributed by atoms with Crippen molar-refractivity contribution in [2.24, 2.45) is 0 Å². The molecule has 0 bridgehead atoms. The second-order valence-electron chi connectivity index (χ2n) is 15.7. The largest absolute Gasteiger partial charge is 0.408 e. The molecular weight excluding hydrogens is 593 g/mol. The molecule has 1 fully saturated rings. The summed E-state index contributed by atoms with van der Waals surface area (Å²) in [5.74, 6) is 0. The number of ether oxygens (including phenoxy) is 2. The van der Waals surface area contributed by atoms with Crippen LogP contribution in [0.5, 0.6) is 0 Å². The van der Waals surface area contributed by atoms with Gasteiger partial charge in [-0.05, 0) is 59.9 Å². The molecule has 0 unspecified atom stereocenters. The second-order valence-corrected chi connectivity index (χ2v) is 25.2. The smallest absolute Gasteiger partial charge is 0.192 e. The normalized spacial score (nSPS) is 22.4. The summed E-state index contributed by atoms with van der Waals surface area (Å²) in [5, 5.41) is 11.1. The fourth-order valence-electron chi connectivity index (χ4n) is 5.56. The molecule has 7 heteroatoms. The van der Waals surface area contributed by atoms with Gasteiger partial charge in [-0.1, -0.05) is 133 Å². The van der Waals surface area contributed by atoms with Crippen LogP contribution in [0.3, 0.4) is 0 Å². The first kappa shape index (κ1) is 35.7. The van der Waals surface area contributed by atoms with Crippen molar-refractivity contribution in [3.05, 3.63) is 108 Å². The maximum atomic E-state index is 11.1. The van der Waals surface area contributed by atoms with E-state index in [1.807, 2.05) is 18.2 Å². The van der Waals surface area contributed by atoms with Crippen molar-refractivity contribution in [2.75, 3.05) is 6.61 Å². The monoisotopic (exact) mass is 648 g/mol. The summed E-state index contributed by atoms with van der Waals surface area (Å²) in [6.07, 6.45) is -2.56. The molecule has 1 N–H and O–H groups in total. The van der Waals surface area contributed by atoms with E-state index in [4.69, 9.17) is 18.3 Å². The fourth-order valence-corrected chi connectivity index (χ4v) is 8.19. The van der Waals surface area contributed by atoms with Crippen molar-refractivity contribution < 1.29 is 23.4 Å². The Labute approximate surface area is 274 Å². The van der Waals surface area contributed by atoms with Gasteiger partial charge >= 0.3 is 0 Å². The van der Waals surface area contributed by atoms with Gasteiger partial charge in [-0.3, -0.25) is 0 Å². The third-order valence-electron chi connectivity index (χ3n) is 10.3. The molecule has 0 radical (unpaired) electrons. The summed E-state index contributed by atoms with van der Waals surface area (Å²) in [4.78, 5) is 0. The van der Waals surface area contributed by atoms with Crippen LogP contribution in [-0.4, -0.2) is 58.9 Å². The highest BCUT2D eigenvalue weighted by atomic mass is 28.4. The molecule has 0 amide bonds. The first-order chi connectivity index (χ1) is 20.9. The van der Waals surface area contributed by atoms with Crippen LogP contribution in [0.25, 0.3) is 0 Å². The predicted octanol–water partition coefficient (Wildman–Crippen LogP) is 8.92. The molecule has 1 aliphatic heterocycles. The van der Waals surface area contributed by atoms with Gasteiger partial charge in [0, 0.05) is 0 Å². The number of aliphatic hydroxyl groups excluding tert-OH is 1. The Morgan fingerprint density at radius 1 is 0.644 bits per heavy atom. The van der Waals surface area contributed by atoms with Gasteiger partial charge in [-0.2, -0.15) is 0 Å². The van der Waals surface area contributed by atoms with E-state index in [0.29, 0.717) is 0 Å². The maximum Gasteiger partial charge on any atom is 0.192 e. The van der Waals surface area contributed by atoms with Crippen LogP contribution in [0, 0.1) is 0 Å². The van der Waals surface area contributed by atoms with Crippen LogP contribution in [0.15, 0.2) is 91.0 Å². The summed E-state index contributed by atoms with van der Waals surface area (Å²) in [6, 6.07) is 31.2. The van der Waals surface area contributed by atoms with Crippen LogP contribution >= 0.6 is 0 Å². The number of rotatable bonds is 11. The average molecular weight is 649 g/mol. The van der Waals surface area contributed by atoms with E-state index in [-0.39, 0.29) is 16.7 Å². The number of hydrogen-bond acceptors (Lipinski definition) is 5. The highest BCUT2D eigenvalue weighted by Crippen LogP contribution is 2.46. The van der Waals surface area contributed by atoms with Crippen molar-refractivity contribution >= 4 is 16.6 Å². The summed E-state index contributed by atoms with van der Waals surface area (Å²) in [6.45, 7) is 24.6. The molecule has 0 spiro atoms. The summed E-state index contributed by atoms with van der Waals surface area (Å²) in [5.41, 5.74) is 2.20. The minimum atomic E-state index is -2.29. The molecule has 0 aliphatic carbocycles. The molecule has 3 aromatic rings. The third kappa shape index (κ3) is 7.56. The molecule has 45 heavy (non-hydrogen) atoms. The van der Waals surface area contributed by atoms with E-state index in [1.165, 1.54) is 0 Å². The fraction of sp³-hybridized carbons (Fsp3) is 0.526. The Kier molecular flexibility index (Phi) is 10.8. The van der Waals surface area contributed by atoms with Crippen molar-refractivity contribution in [1.82, 2.24) is 0 Å². The average Bonchev–Trinajstić information content (AvgIpc) is 3.29. The van der Waals surface area contributed by atoms with Gasteiger partial charge in [0.05, 0.1) is 12.7 Å². The van der Waals surface area contributed by atoms with Gasteiger partial charge in [-0.15, -0.1) is 0 Å². The van der Waals surface area contributed by atoms with Crippen LogP contribution in [-0.2, 0) is 23.9 Å². The molecule has 0 aromatic heterocycles. The van der Waals surface area contributed by atoms with Gasteiger partial charge in [0.2, 0.25) is 0 Å². The summed E-state index contributed by atoms with van der Waals surface area (Å²) in [7, 11) is -4.55. The highest BCUT2D eigenvalue weighted by molar-refractivity contribution is 6.74. The van der Waals surface area contributed by atoms with Crippen LogP contribution in [0.1, 0.15) is 65.2 Å². The molecule has 1 aliphatic rings. The first-order valence-corrected chi connectivity index (χ1v) is 22.2. The predicted molar refractivity (Wildman–Crippen MR) is 190 cm³/mol. The minimum absolute atomic E-state index is 0.0184. The molecule has 5 atom stereocenters. The van der Waals surface area contributed by atoms with Crippen molar-refractivity contribution in [1.29, 1.82) is 0 Å². The topological polar surface area (TPSA) is 57.2 Å². The lowest BCUT2D eigenvalue weighted by Crippen LogP contribution is -2.55. The molecule has 1 heterocycles.